The Bertz CT molecular complexity index is 392. The van der Waals surface area contributed by atoms with Crippen LogP contribution in [0.5, 0.6) is 5.75 Å². The maximum Gasteiger partial charge on any atom is 0.165 e. The molecule has 0 bridgehead atoms. The zero-order chi connectivity index (χ0) is 14.1. The first-order valence-electron chi connectivity index (χ1n) is 6.84. The normalized spacial score (nSPS) is 12.2. The van der Waals surface area contributed by atoms with Crippen LogP contribution in [0.2, 0.25) is 0 Å². The second-order valence-electron chi connectivity index (χ2n) is 4.66. The fourth-order valence-electron chi connectivity index (χ4n) is 2.19. The third-order valence-electron chi connectivity index (χ3n) is 3.33. The van der Waals surface area contributed by atoms with Gasteiger partial charge in [-0.05, 0) is 44.0 Å². The number of hydrogen-bond donors (Lipinski definition) is 1. The Kier molecular flexibility index (Phi) is 7.19. The molecule has 106 valence electrons. The molecule has 1 N–H and O–H groups in total. The third-order valence-corrected chi connectivity index (χ3v) is 3.33. The highest BCUT2D eigenvalue weighted by Gasteiger charge is 2.11. The summed E-state index contributed by atoms with van der Waals surface area (Å²) in [4.78, 5) is 0. The van der Waals surface area contributed by atoms with Crippen LogP contribution in [0.4, 0.5) is 4.39 Å². The summed E-state index contributed by atoms with van der Waals surface area (Å²) in [5.74, 6) is -0.00325. The topological polar surface area (TPSA) is 21.3 Å². The maximum absolute atomic E-state index is 13.7. The highest BCUT2D eigenvalue weighted by Crippen LogP contribution is 2.25. The van der Waals surface area contributed by atoms with Gasteiger partial charge in [-0.15, -0.1) is 6.58 Å². The van der Waals surface area contributed by atoms with Crippen molar-refractivity contribution in [3.63, 3.8) is 0 Å². The van der Waals surface area contributed by atoms with Gasteiger partial charge in [-0.25, -0.2) is 4.39 Å². The molecule has 2 nitrogen and oxygen atoms in total. The molecule has 1 aromatic carbocycles. The lowest BCUT2D eigenvalue weighted by molar-refractivity contribution is 0.385. The van der Waals surface area contributed by atoms with E-state index < -0.39 is 0 Å². The summed E-state index contributed by atoms with van der Waals surface area (Å²) in [6, 6.07) is 5.37. The Labute approximate surface area is 115 Å². The van der Waals surface area contributed by atoms with E-state index in [1.54, 1.807) is 12.1 Å². The number of rotatable bonds is 9. The average molecular weight is 265 g/mol. The third kappa shape index (κ3) is 5.03. The second-order valence-corrected chi connectivity index (χ2v) is 4.66. The number of unbranched alkanes of at least 4 members (excludes halogenated alkanes) is 3. The molecule has 1 atom stereocenters. The number of hydrogen-bond acceptors (Lipinski definition) is 2. The Morgan fingerprint density at radius 2 is 2.16 bits per heavy atom. The fraction of sp³-hybridized carbons (Fsp3) is 0.500. The van der Waals surface area contributed by atoms with Crippen LogP contribution in [0.3, 0.4) is 0 Å². The monoisotopic (exact) mass is 265 g/mol. The van der Waals surface area contributed by atoms with Crippen molar-refractivity contribution in [1.82, 2.24) is 5.32 Å². The molecule has 19 heavy (non-hydrogen) atoms. The quantitative estimate of drug-likeness (QED) is 0.533. The molecule has 1 aromatic rings. The zero-order valence-corrected chi connectivity index (χ0v) is 11.9. The summed E-state index contributed by atoms with van der Waals surface area (Å²) in [5.41, 5.74) is 0.976. The van der Waals surface area contributed by atoms with Gasteiger partial charge in [-0.1, -0.05) is 25.0 Å². The maximum atomic E-state index is 13.7. The predicted octanol–water partition coefficient (Wildman–Crippen LogP) is 4.23. The van der Waals surface area contributed by atoms with E-state index in [1.165, 1.54) is 20.0 Å². The van der Waals surface area contributed by atoms with E-state index in [0.717, 1.165) is 24.8 Å². The number of methoxy groups -OCH3 is 1. The molecule has 0 saturated carbocycles. The van der Waals surface area contributed by atoms with Gasteiger partial charge in [-0.3, -0.25) is 0 Å². The number of nitrogens with one attached hydrogen (secondary N) is 1. The average Bonchev–Trinajstić information content (AvgIpc) is 2.43. The predicted molar refractivity (Wildman–Crippen MR) is 78.0 cm³/mol. The molecule has 0 aromatic heterocycles. The molecular formula is C16H24FNO. The highest BCUT2D eigenvalue weighted by molar-refractivity contribution is 5.31. The lowest BCUT2D eigenvalue weighted by Crippen LogP contribution is -2.16. The molecular weight excluding hydrogens is 241 g/mol. The first kappa shape index (κ1) is 15.7. The van der Waals surface area contributed by atoms with Gasteiger partial charge < -0.3 is 10.1 Å². The first-order valence-corrected chi connectivity index (χ1v) is 6.84. The van der Waals surface area contributed by atoms with Crippen LogP contribution in [-0.2, 0) is 0 Å². The van der Waals surface area contributed by atoms with Gasteiger partial charge in [0.15, 0.2) is 11.6 Å². The molecule has 1 rings (SSSR count). The molecule has 1 unspecified atom stereocenters. The summed E-state index contributed by atoms with van der Waals surface area (Å²) >= 11 is 0. The molecule has 0 spiro atoms. The van der Waals surface area contributed by atoms with Gasteiger partial charge in [0.25, 0.3) is 0 Å². The Morgan fingerprint density at radius 1 is 1.37 bits per heavy atom. The SMILES string of the molecule is C=CCCCCCC(NC)c1ccc(OC)c(F)c1. The van der Waals surface area contributed by atoms with E-state index in [4.69, 9.17) is 4.74 Å². The van der Waals surface area contributed by atoms with E-state index >= 15 is 0 Å². The number of halogens is 1. The van der Waals surface area contributed by atoms with Crippen molar-refractivity contribution in [2.45, 2.75) is 38.1 Å². The van der Waals surface area contributed by atoms with Crippen molar-refractivity contribution < 1.29 is 9.13 Å². The number of allylic oxidation sites excluding steroid dienone is 1. The highest BCUT2D eigenvalue weighted by atomic mass is 19.1. The van der Waals surface area contributed by atoms with Gasteiger partial charge in [-0.2, -0.15) is 0 Å². The molecule has 0 amide bonds. The first-order chi connectivity index (χ1) is 9.22. The standard InChI is InChI=1S/C16H24FNO/c1-4-5-6-7-8-9-15(18-2)13-10-11-16(19-3)14(17)12-13/h4,10-12,15,18H,1,5-9H2,2-3H3. The fourth-order valence-corrected chi connectivity index (χ4v) is 2.19. The van der Waals surface area contributed by atoms with Crippen LogP contribution in [0.1, 0.15) is 43.7 Å². The Hall–Kier alpha value is -1.35. The number of benzene rings is 1. The van der Waals surface area contributed by atoms with E-state index in [1.807, 2.05) is 19.2 Å². The largest absolute Gasteiger partial charge is 0.494 e. The van der Waals surface area contributed by atoms with Gasteiger partial charge in [0.2, 0.25) is 0 Å². The zero-order valence-electron chi connectivity index (χ0n) is 11.9. The van der Waals surface area contributed by atoms with Gasteiger partial charge in [0, 0.05) is 6.04 Å². The van der Waals surface area contributed by atoms with Gasteiger partial charge >= 0.3 is 0 Å². The lowest BCUT2D eigenvalue weighted by atomic mass is 10.00. The van der Waals surface area contributed by atoms with Crippen LogP contribution in [0.15, 0.2) is 30.9 Å². The summed E-state index contributed by atoms with van der Waals surface area (Å²) in [5, 5.41) is 3.25. The Morgan fingerprint density at radius 3 is 2.74 bits per heavy atom. The molecule has 0 aliphatic carbocycles. The smallest absolute Gasteiger partial charge is 0.165 e. The van der Waals surface area contributed by atoms with Crippen molar-refractivity contribution in [1.29, 1.82) is 0 Å². The molecule has 0 aliphatic heterocycles. The molecule has 0 heterocycles. The van der Waals surface area contributed by atoms with Gasteiger partial charge in [0.1, 0.15) is 0 Å². The summed E-state index contributed by atoms with van der Waals surface area (Å²) in [7, 11) is 3.39. The van der Waals surface area contributed by atoms with Crippen molar-refractivity contribution in [2.24, 2.45) is 0 Å². The van der Waals surface area contributed by atoms with Crippen LogP contribution >= 0.6 is 0 Å². The minimum absolute atomic E-state index is 0.198. The molecule has 0 radical (unpaired) electrons. The molecule has 3 heteroatoms. The molecule has 0 fully saturated rings. The van der Waals surface area contributed by atoms with Crippen molar-refractivity contribution in [3.05, 3.63) is 42.2 Å². The minimum atomic E-state index is -0.299. The van der Waals surface area contributed by atoms with Gasteiger partial charge in [0.05, 0.1) is 7.11 Å². The van der Waals surface area contributed by atoms with Crippen molar-refractivity contribution >= 4 is 0 Å². The summed E-state index contributed by atoms with van der Waals surface area (Å²) in [6.45, 7) is 3.72. The summed E-state index contributed by atoms with van der Waals surface area (Å²) in [6.07, 6.45) is 7.53. The second kappa shape index (κ2) is 8.70. The van der Waals surface area contributed by atoms with Crippen LogP contribution < -0.4 is 10.1 Å². The van der Waals surface area contributed by atoms with E-state index in [0.29, 0.717) is 5.75 Å². The Balaban J connectivity index is 2.54. The van der Waals surface area contributed by atoms with E-state index in [9.17, 15) is 4.39 Å². The van der Waals surface area contributed by atoms with Crippen LogP contribution in [0.25, 0.3) is 0 Å². The number of ether oxygens (including phenoxy) is 1. The molecule has 0 aliphatic rings. The van der Waals surface area contributed by atoms with Crippen LogP contribution in [0, 0.1) is 5.82 Å². The van der Waals surface area contributed by atoms with Crippen LogP contribution in [-0.4, -0.2) is 14.2 Å². The van der Waals surface area contributed by atoms with E-state index in [-0.39, 0.29) is 11.9 Å². The van der Waals surface area contributed by atoms with E-state index in [2.05, 4.69) is 11.9 Å². The minimum Gasteiger partial charge on any atom is -0.494 e. The lowest BCUT2D eigenvalue weighted by Gasteiger charge is -2.17. The molecule has 0 saturated heterocycles. The summed E-state index contributed by atoms with van der Waals surface area (Å²) < 4.78 is 18.6. The van der Waals surface area contributed by atoms with Crippen molar-refractivity contribution in [2.75, 3.05) is 14.2 Å². The van der Waals surface area contributed by atoms with Crippen molar-refractivity contribution in [3.8, 4) is 5.75 Å².